The number of nitrogens with two attached hydrogens (primary N) is 1. The van der Waals surface area contributed by atoms with Gasteiger partial charge in [-0.15, -0.1) is 0 Å². The van der Waals surface area contributed by atoms with E-state index in [4.69, 9.17) is 5.73 Å². The lowest BCUT2D eigenvalue weighted by molar-refractivity contribution is -0.112. The van der Waals surface area contributed by atoms with E-state index in [2.05, 4.69) is 35.5 Å². The van der Waals surface area contributed by atoms with Gasteiger partial charge in [0.2, 0.25) is 0 Å². The Hall–Kier alpha value is -1.85. The van der Waals surface area contributed by atoms with E-state index < -0.39 is 5.91 Å². The highest BCUT2D eigenvalue weighted by atomic mass is 16.1. The van der Waals surface area contributed by atoms with Gasteiger partial charge in [0.05, 0.1) is 0 Å². The van der Waals surface area contributed by atoms with E-state index in [1.165, 1.54) is 0 Å². The molecule has 2 heteroatoms. The van der Waals surface area contributed by atoms with Crippen molar-refractivity contribution in [3.63, 3.8) is 0 Å². The van der Waals surface area contributed by atoms with Crippen molar-refractivity contribution in [2.75, 3.05) is 0 Å². The van der Waals surface area contributed by atoms with Crippen LogP contribution in [0, 0.1) is 35.5 Å². The van der Waals surface area contributed by atoms with Crippen LogP contribution in [0.3, 0.4) is 0 Å². The zero-order chi connectivity index (χ0) is 7.82. The number of primary amides is 1. The first-order valence-electron chi connectivity index (χ1n) is 2.49. The van der Waals surface area contributed by atoms with E-state index in [1.807, 2.05) is 0 Å². The molecular formula is C8H5NO. The van der Waals surface area contributed by atoms with Crippen LogP contribution in [0.2, 0.25) is 0 Å². The number of amides is 1. The molecule has 48 valence electrons. The minimum Gasteiger partial charge on any atom is -0.359 e. The van der Waals surface area contributed by atoms with Crippen molar-refractivity contribution >= 4 is 5.91 Å². The molecule has 10 heavy (non-hydrogen) atoms. The first-order valence-corrected chi connectivity index (χ1v) is 2.49. The van der Waals surface area contributed by atoms with Crippen LogP contribution >= 0.6 is 0 Å². The largest absolute Gasteiger partial charge is 0.359 e. The fourth-order valence-corrected chi connectivity index (χ4v) is 0.218. The molecule has 0 atom stereocenters. The molecule has 0 rings (SSSR count). The molecule has 0 aliphatic carbocycles. The zero-order valence-electron chi connectivity index (χ0n) is 5.49. The summed E-state index contributed by atoms with van der Waals surface area (Å²) in [5.74, 6) is 13.3. The van der Waals surface area contributed by atoms with E-state index in [9.17, 15) is 4.79 Å². The summed E-state index contributed by atoms with van der Waals surface area (Å²) in [5, 5.41) is 0. The second-order valence-electron chi connectivity index (χ2n) is 1.24. The van der Waals surface area contributed by atoms with Crippen LogP contribution in [0.25, 0.3) is 0 Å². The maximum Gasteiger partial charge on any atom is 0.294 e. The first-order chi connectivity index (χ1) is 4.77. The van der Waals surface area contributed by atoms with Crippen LogP contribution < -0.4 is 5.73 Å². The SMILES string of the molecule is CC#CC#CC#CC(N)=O. The van der Waals surface area contributed by atoms with Crippen LogP contribution in [0.15, 0.2) is 0 Å². The highest BCUT2D eigenvalue weighted by Gasteiger charge is 1.74. The molecule has 0 aromatic heterocycles. The van der Waals surface area contributed by atoms with Crippen LogP contribution in [-0.4, -0.2) is 5.91 Å². The first kappa shape index (κ1) is 8.15. The fourth-order valence-electron chi connectivity index (χ4n) is 0.218. The fraction of sp³-hybridized carbons (Fsp3) is 0.125. The molecular weight excluding hydrogens is 126 g/mol. The van der Waals surface area contributed by atoms with Gasteiger partial charge in [0.1, 0.15) is 0 Å². The van der Waals surface area contributed by atoms with Crippen LogP contribution in [0.1, 0.15) is 6.92 Å². The van der Waals surface area contributed by atoms with Crippen molar-refractivity contribution < 1.29 is 4.79 Å². The number of hydrogen-bond acceptors (Lipinski definition) is 1. The van der Waals surface area contributed by atoms with Crippen LogP contribution in [-0.2, 0) is 4.79 Å². The van der Waals surface area contributed by atoms with Gasteiger partial charge in [-0.3, -0.25) is 4.79 Å². The Morgan fingerprint density at radius 2 is 1.80 bits per heavy atom. The average molecular weight is 131 g/mol. The predicted octanol–water partition coefficient (Wildman–Crippen LogP) is -0.498. The molecule has 0 aliphatic heterocycles. The van der Waals surface area contributed by atoms with Crippen LogP contribution in [0.4, 0.5) is 0 Å². The molecule has 0 saturated carbocycles. The summed E-state index contributed by atoms with van der Waals surface area (Å²) in [6.45, 7) is 1.66. The maximum atomic E-state index is 9.98. The van der Waals surface area contributed by atoms with E-state index >= 15 is 0 Å². The van der Waals surface area contributed by atoms with E-state index in [0.717, 1.165) is 0 Å². The van der Waals surface area contributed by atoms with Crippen molar-refractivity contribution in [3.05, 3.63) is 0 Å². The Morgan fingerprint density at radius 1 is 1.20 bits per heavy atom. The monoisotopic (exact) mass is 131 g/mol. The summed E-state index contributed by atoms with van der Waals surface area (Å²) in [4.78, 5) is 9.98. The highest BCUT2D eigenvalue weighted by molar-refractivity contribution is 5.92. The third-order valence-corrected chi connectivity index (χ3v) is 0.498. The van der Waals surface area contributed by atoms with E-state index in [1.54, 1.807) is 6.92 Å². The van der Waals surface area contributed by atoms with Crippen molar-refractivity contribution in [1.29, 1.82) is 0 Å². The second kappa shape index (κ2) is 5.29. The topological polar surface area (TPSA) is 43.1 Å². The summed E-state index contributed by atoms with van der Waals surface area (Å²) in [7, 11) is 0. The van der Waals surface area contributed by atoms with Crippen LogP contribution in [0.5, 0.6) is 0 Å². The number of carbonyl (C=O) groups is 1. The molecule has 0 bridgehead atoms. The minimum absolute atomic E-state index is 0.682. The molecule has 0 saturated heterocycles. The van der Waals surface area contributed by atoms with Gasteiger partial charge in [-0.1, -0.05) is 5.92 Å². The Balaban J connectivity index is 3.98. The van der Waals surface area contributed by atoms with Gasteiger partial charge < -0.3 is 5.73 Å². The van der Waals surface area contributed by atoms with E-state index in [-0.39, 0.29) is 0 Å². The molecule has 0 heterocycles. The molecule has 2 N–H and O–H groups in total. The lowest BCUT2D eigenvalue weighted by Crippen LogP contribution is -2.05. The maximum absolute atomic E-state index is 9.98. The lowest BCUT2D eigenvalue weighted by atomic mass is 10.5. The Labute approximate surface area is 59.8 Å². The second-order valence-corrected chi connectivity index (χ2v) is 1.24. The van der Waals surface area contributed by atoms with Gasteiger partial charge in [0.15, 0.2) is 0 Å². The molecule has 0 aromatic rings. The Kier molecular flexibility index (Phi) is 4.31. The predicted molar refractivity (Wildman–Crippen MR) is 38.2 cm³/mol. The van der Waals surface area contributed by atoms with Gasteiger partial charge in [-0.2, -0.15) is 0 Å². The molecule has 2 nitrogen and oxygen atoms in total. The van der Waals surface area contributed by atoms with Crippen molar-refractivity contribution in [2.24, 2.45) is 5.73 Å². The zero-order valence-corrected chi connectivity index (χ0v) is 5.49. The molecule has 1 amide bonds. The molecule has 0 aromatic carbocycles. The van der Waals surface area contributed by atoms with Gasteiger partial charge >= 0.3 is 0 Å². The molecule has 0 fully saturated rings. The van der Waals surface area contributed by atoms with Crippen molar-refractivity contribution in [3.8, 4) is 35.5 Å². The van der Waals surface area contributed by atoms with E-state index in [0.29, 0.717) is 0 Å². The molecule has 0 aliphatic rings. The molecule has 0 unspecified atom stereocenters. The smallest absolute Gasteiger partial charge is 0.294 e. The molecule has 0 spiro atoms. The van der Waals surface area contributed by atoms with Gasteiger partial charge in [-0.05, 0) is 30.6 Å². The Morgan fingerprint density at radius 3 is 2.30 bits per heavy atom. The summed E-state index contributed by atoms with van der Waals surface area (Å²) < 4.78 is 0. The standard InChI is InChI=1S/C8H5NO/c1-2-3-4-5-6-7-8(9)10/h1H3,(H2,9,10). The third kappa shape index (κ3) is 6.15. The minimum atomic E-state index is -0.682. The lowest BCUT2D eigenvalue weighted by Gasteiger charge is -1.64. The van der Waals surface area contributed by atoms with Gasteiger partial charge in [0.25, 0.3) is 5.91 Å². The summed E-state index contributed by atoms with van der Waals surface area (Å²) >= 11 is 0. The van der Waals surface area contributed by atoms with Crippen molar-refractivity contribution in [2.45, 2.75) is 6.92 Å². The summed E-state index contributed by atoms with van der Waals surface area (Å²) in [6, 6.07) is 0. The number of hydrogen-bond donors (Lipinski definition) is 1. The average Bonchev–Trinajstić information content (AvgIpc) is 1.87. The quantitative estimate of drug-likeness (QED) is 0.442. The highest BCUT2D eigenvalue weighted by Crippen LogP contribution is 1.54. The van der Waals surface area contributed by atoms with Gasteiger partial charge in [0, 0.05) is 5.92 Å². The summed E-state index contributed by atoms with van der Waals surface area (Å²) in [5.41, 5.74) is 4.69. The van der Waals surface area contributed by atoms with Gasteiger partial charge in [-0.25, -0.2) is 0 Å². The van der Waals surface area contributed by atoms with Crippen molar-refractivity contribution in [1.82, 2.24) is 0 Å². The summed E-state index contributed by atoms with van der Waals surface area (Å²) in [6.07, 6.45) is 0. The third-order valence-electron chi connectivity index (χ3n) is 0.498. The number of rotatable bonds is 0. The normalized spacial score (nSPS) is 4.90. The Bertz CT molecular complexity index is 295. The number of carbonyl (C=O) groups excluding carboxylic acids is 1. The molecule has 0 radical (unpaired) electrons.